The molecule has 18 heavy (non-hydrogen) atoms. The van der Waals surface area contributed by atoms with Gasteiger partial charge < -0.3 is 10.1 Å². The molecule has 0 radical (unpaired) electrons. The quantitative estimate of drug-likeness (QED) is 0.750. The van der Waals surface area contributed by atoms with Crippen LogP contribution in [0.4, 0.5) is 5.69 Å². The Morgan fingerprint density at radius 2 is 2.06 bits per heavy atom. The molecule has 4 heteroatoms. The van der Waals surface area contributed by atoms with Gasteiger partial charge in [-0.05, 0) is 31.9 Å². The van der Waals surface area contributed by atoms with Crippen LogP contribution in [0.1, 0.15) is 19.4 Å². The van der Waals surface area contributed by atoms with Gasteiger partial charge in [0.1, 0.15) is 0 Å². The number of hydroxylamine groups is 2. The monoisotopic (exact) mass is 244 g/mol. The smallest absolute Gasteiger partial charge is 0.234 e. The first-order chi connectivity index (χ1) is 8.53. The molecule has 3 heterocycles. The van der Waals surface area contributed by atoms with Crippen LogP contribution in [0.3, 0.4) is 0 Å². The molecule has 2 fully saturated rings. The predicted octanol–water partition coefficient (Wildman–Crippen LogP) is 1.43. The minimum atomic E-state index is -0.507. The Kier molecular flexibility index (Phi) is 1.72. The van der Waals surface area contributed by atoms with Crippen LogP contribution in [-0.2, 0) is 11.2 Å². The van der Waals surface area contributed by atoms with Crippen molar-refractivity contribution in [3.8, 4) is 0 Å². The molecule has 0 aromatic heterocycles. The van der Waals surface area contributed by atoms with Crippen LogP contribution in [0.15, 0.2) is 24.3 Å². The number of anilines is 1. The van der Waals surface area contributed by atoms with Crippen molar-refractivity contribution in [1.82, 2.24) is 5.06 Å². The Balaban J connectivity index is 1.92. The average molecular weight is 244 g/mol. The van der Waals surface area contributed by atoms with Crippen molar-refractivity contribution < 1.29 is 10.0 Å². The van der Waals surface area contributed by atoms with Crippen LogP contribution < -0.4 is 4.90 Å². The summed E-state index contributed by atoms with van der Waals surface area (Å²) in [4.78, 5) is 14.5. The topological polar surface area (TPSA) is 43.8 Å². The summed E-state index contributed by atoms with van der Waals surface area (Å²) in [6.45, 7) is 3.86. The number of rotatable bonds is 0. The maximum absolute atomic E-state index is 12.6. The van der Waals surface area contributed by atoms with Crippen LogP contribution in [-0.4, -0.2) is 34.3 Å². The standard InChI is InChI=1S/C14H16N2O2/c1-14(2)12-11-10(16(12)18)7-8-5-3-4-6-9(8)15(11)13(14)17/h3-6,10-12,18H,7H2,1-2H3. The second-order valence-electron chi connectivity index (χ2n) is 6.11. The van der Waals surface area contributed by atoms with E-state index in [0.29, 0.717) is 0 Å². The number of nitrogens with zero attached hydrogens (tertiary/aromatic N) is 2. The highest BCUT2D eigenvalue weighted by atomic mass is 16.5. The first-order valence-corrected chi connectivity index (χ1v) is 6.42. The molecule has 2 saturated heterocycles. The van der Waals surface area contributed by atoms with E-state index in [2.05, 4.69) is 0 Å². The first kappa shape index (κ1) is 10.5. The van der Waals surface area contributed by atoms with Gasteiger partial charge in [-0.1, -0.05) is 18.2 Å². The van der Waals surface area contributed by atoms with Gasteiger partial charge in [-0.3, -0.25) is 4.79 Å². The summed E-state index contributed by atoms with van der Waals surface area (Å²) in [5.74, 6) is 0.131. The molecular weight excluding hydrogens is 228 g/mol. The lowest BCUT2D eigenvalue weighted by Crippen LogP contribution is -2.72. The number of para-hydroxylation sites is 1. The maximum atomic E-state index is 12.6. The van der Waals surface area contributed by atoms with E-state index < -0.39 is 5.41 Å². The highest BCUT2D eigenvalue weighted by molar-refractivity contribution is 6.03. The molecule has 3 unspecified atom stereocenters. The number of fused-ring (bicyclic) bond motifs is 2. The number of benzene rings is 1. The van der Waals surface area contributed by atoms with E-state index in [1.165, 1.54) is 5.06 Å². The number of hydrogen-bond donors (Lipinski definition) is 1. The van der Waals surface area contributed by atoms with E-state index in [9.17, 15) is 10.0 Å². The Hall–Kier alpha value is -1.39. The van der Waals surface area contributed by atoms with Crippen LogP contribution in [0.5, 0.6) is 0 Å². The zero-order chi connectivity index (χ0) is 12.7. The third-order valence-corrected chi connectivity index (χ3v) is 4.83. The largest absolute Gasteiger partial charge is 0.313 e. The van der Waals surface area contributed by atoms with E-state index in [4.69, 9.17) is 0 Å². The molecule has 1 aromatic rings. The fraction of sp³-hybridized carbons (Fsp3) is 0.500. The van der Waals surface area contributed by atoms with Gasteiger partial charge >= 0.3 is 0 Å². The van der Waals surface area contributed by atoms with Gasteiger partial charge in [-0.15, -0.1) is 0 Å². The zero-order valence-corrected chi connectivity index (χ0v) is 10.5. The van der Waals surface area contributed by atoms with Gasteiger partial charge in [0.05, 0.1) is 23.5 Å². The van der Waals surface area contributed by atoms with Crippen LogP contribution in [0.25, 0.3) is 0 Å². The van der Waals surface area contributed by atoms with E-state index in [-0.39, 0.29) is 24.0 Å². The van der Waals surface area contributed by atoms with E-state index >= 15 is 0 Å². The molecule has 4 rings (SSSR count). The lowest BCUT2D eigenvalue weighted by Gasteiger charge is -2.54. The van der Waals surface area contributed by atoms with Crippen LogP contribution >= 0.6 is 0 Å². The van der Waals surface area contributed by atoms with Crippen LogP contribution in [0, 0.1) is 5.41 Å². The molecule has 94 valence electrons. The summed E-state index contributed by atoms with van der Waals surface area (Å²) in [5.41, 5.74) is 1.68. The Bertz CT molecular complexity index is 554. The third-order valence-electron chi connectivity index (χ3n) is 4.83. The first-order valence-electron chi connectivity index (χ1n) is 6.42. The zero-order valence-electron chi connectivity index (χ0n) is 10.5. The van der Waals surface area contributed by atoms with Crippen molar-refractivity contribution in [3.05, 3.63) is 29.8 Å². The van der Waals surface area contributed by atoms with Crippen LogP contribution in [0.2, 0.25) is 0 Å². The molecule has 0 spiro atoms. The van der Waals surface area contributed by atoms with Gasteiger partial charge in [-0.25, -0.2) is 0 Å². The highest BCUT2D eigenvalue weighted by Crippen LogP contribution is 2.53. The highest BCUT2D eigenvalue weighted by Gasteiger charge is 2.68. The fourth-order valence-electron chi connectivity index (χ4n) is 3.90. The average Bonchev–Trinajstić information content (AvgIpc) is 2.55. The fourth-order valence-corrected chi connectivity index (χ4v) is 3.90. The lowest BCUT2D eigenvalue weighted by atomic mass is 9.73. The summed E-state index contributed by atoms with van der Waals surface area (Å²) in [5, 5.41) is 11.6. The second kappa shape index (κ2) is 2.95. The molecule has 0 saturated carbocycles. The molecule has 3 aliphatic heterocycles. The molecular formula is C14H16N2O2. The molecule has 1 amide bonds. The van der Waals surface area contributed by atoms with Crippen molar-refractivity contribution in [1.29, 1.82) is 0 Å². The third kappa shape index (κ3) is 0.942. The molecule has 4 nitrogen and oxygen atoms in total. The minimum Gasteiger partial charge on any atom is -0.313 e. The summed E-state index contributed by atoms with van der Waals surface area (Å²) >= 11 is 0. The summed E-state index contributed by atoms with van der Waals surface area (Å²) < 4.78 is 0. The van der Waals surface area contributed by atoms with Crippen molar-refractivity contribution in [2.75, 3.05) is 4.90 Å². The second-order valence-corrected chi connectivity index (χ2v) is 6.11. The summed E-state index contributed by atoms with van der Waals surface area (Å²) in [6.07, 6.45) is 0.827. The van der Waals surface area contributed by atoms with Crippen molar-refractivity contribution in [2.45, 2.75) is 38.4 Å². The molecule has 0 bridgehead atoms. The molecule has 0 aliphatic carbocycles. The Morgan fingerprint density at radius 1 is 1.33 bits per heavy atom. The number of carbonyl (C=O) groups is 1. The number of carbonyl (C=O) groups excluding carboxylic acids is 1. The summed E-state index contributed by atoms with van der Waals surface area (Å²) in [6, 6.07) is 8.17. The molecule has 3 aliphatic rings. The molecule has 3 atom stereocenters. The Labute approximate surface area is 106 Å². The van der Waals surface area contributed by atoms with Gasteiger partial charge in [-0.2, -0.15) is 5.06 Å². The maximum Gasteiger partial charge on any atom is 0.234 e. The van der Waals surface area contributed by atoms with E-state index in [1.807, 2.05) is 43.0 Å². The van der Waals surface area contributed by atoms with Gasteiger partial charge in [0.25, 0.3) is 0 Å². The van der Waals surface area contributed by atoms with Crippen molar-refractivity contribution >= 4 is 11.6 Å². The van der Waals surface area contributed by atoms with Gasteiger partial charge in [0.15, 0.2) is 0 Å². The number of hydrogen-bond acceptors (Lipinski definition) is 3. The molecule has 1 N–H and O–H groups in total. The van der Waals surface area contributed by atoms with Crippen molar-refractivity contribution in [2.24, 2.45) is 5.41 Å². The van der Waals surface area contributed by atoms with E-state index in [1.54, 1.807) is 0 Å². The normalized spacial score (nSPS) is 36.1. The molecule has 1 aromatic carbocycles. The van der Waals surface area contributed by atoms with E-state index in [0.717, 1.165) is 17.7 Å². The van der Waals surface area contributed by atoms with Crippen molar-refractivity contribution in [3.63, 3.8) is 0 Å². The SMILES string of the molecule is CC1(C)C(=O)N2c3ccccc3CC3C2C1N3O. The van der Waals surface area contributed by atoms with Gasteiger partial charge in [0, 0.05) is 5.69 Å². The number of amides is 1. The predicted molar refractivity (Wildman–Crippen MR) is 66.4 cm³/mol. The minimum absolute atomic E-state index is 0.0654. The Morgan fingerprint density at radius 3 is 2.83 bits per heavy atom. The van der Waals surface area contributed by atoms with Gasteiger partial charge in [0.2, 0.25) is 5.91 Å². The summed E-state index contributed by atoms with van der Waals surface area (Å²) in [7, 11) is 0. The lowest BCUT2D eigenvalue weighted by molar-refractivity contribution is -0.246.